The number of nitrogens with zero attached hydrogens (tertiary/aromatic N) is 1. The van der Waals surface area contributed by atoms with Gasteiger partial charge >= 0.3 is 5.97 Å². The fraction of sp³-hybridized carbons (Fsp3) is 0.750. The molecule has 1 fully saturated rings. The lowest BCUT2D eigenvalue weighted by Crippen LogP contribution is -2.36. The maximum atomic E-state index is 11.9. The molecule has 0 bridgehead atoms. The number of carboxylic acids is 1. The molecule has 86 valence electrons. The van der Waals surface area contributed by atoms with Crippen LogP contribution in [0.3, 0.4) is 0 Å². The van der Waals surface area contributed by atoms with Gasteiger partial charge in [-0.25, -0.2) is 4.21 Å². The second-order valence-electron chi connectivity index (χ2n) is 3.31. The van der Waals surface area contributed by atoms with Crippen LogP contribution in [0.5, 0.6) is 0 Å². The summed E-state index contributed by atoms with van der Waals surface area (Å²) in [5.74, 6) is -0.874. The van der Waals surface area contributed by atoms with E-state index >= 15 is 0 Å². The molecule has 0 aromatic rings. The number of hydrogen-bond acceptors (Lipinski definition) is 4. The highest BCUT2D eigenvalue weighted by atomic mass is 32.2. The van der Waals surface area contributed by atoms with Crippen molar-refractivity contribution in [2.24, 2.45) is 4.36 Å². The first-order chi connectivity index (χ1) is 7.02. The van der Waals surface area contributed by atoms with E-state index in [0.717, 1.165) is 0 Å². The van der Waals surface area contributed by atoms with Crippen LogP contribution in [-0.4, -0.2) is 45.8 Å². The molecule has 0 saturated carbocycles. The van der Waals surface area contributed by atoms with Crippen molar-refractivity contribution in [1.82, 2.24) is 5.32 Å². The molecule has 0 spiro atoms. The first-order valence-electron chi connectivity index (χ1n) is 4.70. The predicted molar refractivity (Wildman–Crippen MR) is 55.1 cm³/mol. The van der Waals surface area contributed by atoms with Gasteiger partial charge in [0, 0.05) is 31.0 Å². The molecule has 1 saturated heterocycles. The second kappa shape index (κ2) is 5.22. The normalized spacial score (nSPS) is 19.5. The lowest BCUT2D eigenvalue weighted by molar-refractivity contribution is -0.138. The molecule has 1 amide bonds. The lowest BCUT2D eigenvalue weighted by atomic mass is 10.3. The van der Waals surface area contributed by atoms with Gasteiger partial charge in [0.05, 0.1) is 16.1 Å². The zero-order valence-electron chi connectivity index (χ0n) is 8.27. The Kier molecular flexibility index (Phi) is 4.22. The Morgan fingerprint density at radius 2 is 1.87 bits per heavy atom. The molecule has 0 atom stereocenters. The second-order valence-corrected chi connectivity index (χ2v) is 5.85. The van der Waals surface area contributed by atoms with E-state index in [1.165, 1.54) is 0 Å². The molecule has 0 aromatic heterocycles. The highest BCUT2D eigenvalue weighted by Crippen LogP contribution is 2.03. The summed E-state index contributed by atoms with van der Waals surface area (Å²) in [6.45, 7) is 1.18. The molecule has 0 aliphatic carbocycles. The fourth-order valence-electron chi connectivity index (χ4n) is 1.23. The highest BCUT2D eigenvalue weighted by Gasteiger charge is 2.16. The van der Waals surface area contributed by atoms with Crippen LogP contribution in [0.1, 0.15) is 12.8 Å². The summed E-state index contributed by atoms with van der Waals surface area (Å²) < 4.78 is 15.5. The number of nitrogens with one attached hydrogen (secondary N) is 1. The van der Waals surface area contributed by atoms with Crippen molar-refractivity contribution in [3.63, 3.8) is 0 Å². The average molecular weight is 234 g/mol. The Hall–Kier alpha value is -0.950. The lowest BCUT2D eigenvalue weighted by Gasteiger charge is -2.15. The SMILES string of the molecule is O=C(O)CCC(=O)N=S1(=O)CCNCC1. The zero-order valence-corrected chi connectivity index (χ0v) is 9.09. The summed E-state index contributed by atoms with van der Waals surface area (Å²) >= 11 is 0. The molecule has 0 radical (unpaired) electrons. The van der Waals surface area contributed by atoms with Crippen molar-refractivity contribution >= 4 is 21.6 Å². The van der Waals surface area contributed by atoms with Crippen LogP contribution < -0.4 is 5.32 Å². The van der Waals surface area contributed by atoms with Crippen LogP contribution in [-0.2, 0) is 19.3 Å². The van der Waals surface area contributed by atoms with E-state index in [0.29, 0.717) is 24.6 Å². The number of carboxylic acid groups (broad SMARTS) is 1. The van der Waals surface area contributed by atoms with Crippen LogP contribution in [0, 0.1) is 0 Å². The number of amides is 1. The molecule has 1 aliphatic heterocycles. The van der Waals surface area contributed by atoms with Gasteiger partial charge in [-0.15, -0.1) is 0 Å². The van der Waals surface area contributed by atoms with Gasteiger partial charge in [-0.3, -0.25) is 9.59 Å². The van der Waals surface area contributed by atoms with E-state index < -0.39 is 21.6 Å². The minimum atomic E-state index is -2.42. The van der Waals surface area contributed by atoms with E-state index in [2.05, 4.69) is 9.68 Å². The van der Waals surface area contributed by atoms with Gasteiger partial charge < -0.3 is 10.4 Å². The molecule has 6 nitrogen and oxygen atoms in total. The maximum Gasteiger partial charge on any atom is 0.303 e. The topological polar surface area (TPSA) is 95.8 Å². The molecular formula is C8H14N2O4S. The zero-order chi connectivity index (χ0) is 11.3. The third-order valence-corrected chi connectivity index (χ3v) is 4.24. The molecule has 1 heterocycles. The molecule has 2 N–H and O–H groups in total. The van der Waals surface area contributed by atoms with Gasteiger partial charge in [-0.2, -0.15) is 4.36 Å². The number of hydrogen-bond donors (Lipinski definition) is 2. The third-order valence-electron chi connectivity index (χ3n) is 2.02. The summed E-state index contributed by atoms with van der Waals surface area (Å²) in [6, 6.07) is 0. The number of carbonyl (C=O) groups is 2. The number of rotatable bonds is 3. The van der Waals surface area contributed by atoms with E-state index in [9.17, 15) is 13.8 Å². The smallest absolute Gasteiger partial charge is 0.303 e. The summed E-state index contributed by atoms with van der Waals surface area (Å²) in [5.41, 5.74) is 0. The van der Waals surface area contributed by atoms with Gasteiger partial charge in [0.2, 0.25) is 0 Å². The van der Waals surface area contributed by atoms with Crippen molar-refractivity contribution in [3.8, 4) is 0 Å². The molecule has 7 heteroatoms. The predicted octanol–water partition coefficient (Wildman–Crippen LogP) is -0.551. The van der Waals surface area contributed by atoms with E-state index in [1.54, 1.807) is 0 Å². The minimum absolute atomic E-state index is 0.167. The Balaban J connectivity index is 2.56. The molecule has 0 aromatic carbocycles. The van der Waals surface area contributed by atoms with Crippen molar-refractivity contribution in [1.29, 1.82) is 0 Å². The Bertz CT molecular complexity index is 359. The third kappa shape index (κ3) is 4.39. The van der Waals surface area contributed by atoms with Crippen LogP contribution in [0.15, 0.2) is 4.36 Å². The summed E-state index contributed by atoms with van der Waals surface area (Å²) in [6.07, 6.45) is -0.421. The van der Waals surface area contributed by atoms with Crippen LogP contribution in [0.25, 0.3) is 0 Å². The standard InChI is InChI=1S/C8H14N2O4S/c11-7(1-2-8(12)13)10-15(14)5-3-9-4-6-15/h9H,1-6H2,(H,12,13). The summed E-state index contributed by atoms with van der Waals surface area (Å²) in [7, 11) is -2.42. The maximum absolute atomic E-state index is 11.9. The van der Waals surface area contributed by atoms with Gasteiger partial charge in [0.15, 0.2) is 0 Å². The van der Waals surface area contributed by atoms with Gasteiger partial charge in [0.25, 0.3) is 5.91 Å². The minimum Gasteiger partial charge on any atom is -0.481 e. The van der Waals surface area contributed by atoms with Crippen LogP contribution >= 0.6 is 0 Å². The highest BCUT2D eigenvalue weighted by molar-refractivity contribution is 7.94. The summed E-state index contributed by atoms with van der Waals surface area (Å²) in [5, 5.41) is 11.4. The Morgan fingerprint density at radius 3 is 2.40 bits per heavy atom. The molecule has 1 aliphatic rings. The largest absolute Gasteiger partial charge is 0.481 e. The van der Waals surface area contributed by atoms with E-state index in [4.69, 9.17) is 5.11 Å². The van der Waals surface area contributed by atoms with E-state index in [-0.39, 0.29) is 12.8 Å². The van der Waals surface area contributed by atoms with Crippen molar-refractivity contribution in [2.45, 2.75) is 12.8 Å². The Labute approximate surface area is 88.2 Å². The van der Waals surface area contributed by atoms with Gasteiger partial charge in [-0.1, -0.05) is 0 Å². The molecule has 1 rings (SSSR count). The summed E-state index contributed by atoms with van der Waals surface area (Å²) in [4.78, 5) is 21.4. The van der Waals surface area contributed by atoms with Crippen molar-refractivity contribution < 1.29 is 18.9 Å². The molecule has 15 heavy (non-hydrogen) atoms. The Morgan fingerprint density at radius 1 is 1.27 bits per heavy atom. The number of carbonyl (C=O) groups excluding carboxylic acids is 1. The monoisotopic (exact) mass is 234 g/mol. The quantitative estimate of drug-likeness (QED) is 0.683. The fourth-order valence-corrected chi connectivity index (χ4v) is 3.00. The van der Waals surface area contributed by atoms with Crippen LogP contribution in [0.4, 0.5) is 0 Å². The van der Waals surface area contributed by atoms with Gasteiger partial charge in [-0.05, 0) is 0 Å². The molecule has 0 unspecified atom stereocenters. The van der Waals surface area contributed by atoms with Crippen molar-refractivity contribution in [2.75, 3.05) is 24.6 Å². The first-order valence-corrected chi connectivity index (χ1v) is 6.55. The van der Waals surface area contributed by atoms with Crippen molar-refractivity contribution in [3.05, 3.63) is 0 Å². The molecular weight excluding hydrogens is 220 g/mol. The first kappa shape index (κ1) is 12.1. The van der Waals surface area contributed by atoms with Gasteiger partial charge in [0.1, 0.15) is 0 Å². The number of aliphatic carboxylic acids is 1. The van der Waals surface area contributed by atoms with Crippen LogP contribution in [0.2, 0.25) is 0 Å². The van der Waals surface area contributed by atoms with E-state index in [1.807, 2.05) is 0 Å². The average Bonchev–Trinajstić information content (AvgIpc) is 2.15.